The number of non-ortho nitro benzene ring substituents is 1. The van der Waals surface area contributed by atoms with Gasteiger partial charge in [0.25, 0.3) is 11.5 Å². The number of carbonyl (C=O) groups excluding carboxylic acids is 2. The van der Waals surface area contributed by atoms with Crippen LogP contribution in [0.5, 0.6) is 0 Å². The average Bonchev–Trinajstić information content (AvgIpc) is 3.38. The Balaban J connectivity index is 1.76. The van der Waals surface area contributed by atoms with Gasteiger partial charge in [0.05, 0.1) is 26.8 Å². The maximum atomic E-state index is 13.4. The second-order valence-electron chi connectivity index (χ2n) is 8.45. The lowest BCUT2D eigenvalue weighted by Gasteiger charge is -2.22. The Bertz CT molecular complexity index is 1610. The van der Waals surface area contributed by atoms with Crippen molar-refractivity contribution in [2.75, 3.05) is 4.90 Å². The second kappa shape index (κ2) is 8.85. The third-order valence-corrected chi connectivity index (χ3v) is 7.24. The first kappa shape index (κ1) is 23.7. The summed E-state index contributed by atoms with van der Waals surface area (Å²) in [5, 5.41) is 23.3. The van der Waals surface area contributed by atoms with Gasteiger partial charge in [-0.15, -0.1) is 0 Å². The lowest BCUT2D eigenvalue weighted by Crippen LogP contribution is -2.29. The van der Waals surface area contributed by atoms with E-state index in [9.17, 15) is 24.8 Å². The van der Waals surface area contributed by atoms with E-state index < -0.39 is 28.4 Å². The number of halogens is 1. The van der Waals surface area contributed by atoms with Gasteiger partial charge < -0.3 is 5.11 Å². The summed E-state index contributed by atoms with van der Waals surface area (Å²) in [6, 6.07) is 14.6. The summed E-state index contributed by atoms with van der Waals surface area (Å²) in [6.45, 7) is 3.86. The molecule has 1 atom stereocenters. The van der Waals surface area contributed by atoms with E-state index in [1.807, 2.05) is 26.0 Å². The van der Waals surface area contributed by atoms with Crippen LogP contribution < -0.4 is 4.90 Å². The molecule has 36 heavy (non-hydrogen) atoms. The van der Waals surface area contributed by atoms with Crippen LogP contribution in [-0.4, -0.2) is 26.7 Å². The molecule has 1 saturated heterocycles. The summed E-state index contributed by atoms with van der Waals surface area (Å²) in [4.78, 5) is 43.5. The summed E-state index contributed by atoms with van der Waals surface area (Å²) in [7, 11) is 0. The summed E-state index contributed by atoms with van der Waals surface area (Å²) in [5.41, 5.74) is 2.82. The van der Waals surface area contributed by atoms with Crippen molar-refractivity contribution in [2.24, 2.45) is 0 Å². The minimum atomic E-state index is -1.12. The van der Waals surface area contributed by atoms with Crippen LogP contribution in [0.1, 0.15) is 28.3 Å². The van der Waals surface area contributed by atoms with Crippen LogP contribution in [0.15, 0.2) is 66.2 Å². The van der Waals surface area contributed by atoms with Crippen molar-refractivity contribution in [3.63, 3.8) is 0 Å². The number of nitro groups is 1. The zero-order valence-electron chi connectivity index (χ0n) is 19.1. The number of thiazole rings is 1. The molecule has 8 nitrogen and oxygen atoms in total. The van der Waals surface area contributed by atoms with E-state index in [1.165, 1.54) is 46.6 Å². The number of aliphatic hydroxyl groups is 1. The Morgan fingerprint density at radius 1 is 1.11 bits per heavy atom. The van der Waals surface area contributed by atoms with E-state index in [2.05, 4.69) is 4.98 Å². The van der Waals surface area contributed by atoms with Gasteiger partial charge in [0.15, 0.2) is 5.13 Å². The molecule has 1 fully saturated rings. The highest BCUT2D eigenvalue weighted by Crippen LogP contribution is 2.45. The highest BCUT2D eigenvalue weighted by molar-refractivity contribution is 7.22. The molecule has 1 amide bonds. The van der Waals surface area contributed by atoms with E-state index >= 15 is 0 Å². The standard InChI is InChI=1S/C26H18ClN3O5S/c1-13-10-14(2)21-19(11-13)36-26(28-21)29-22(16-4-3-5-18(12-16)30(34)35)20(24(32)25(29)33)23(31)15-6-8-17(27)9-7-15/h3-12,22,31H,1-2H3/b23-20+. The molecule has 0 spiro atoms. The van der Waals surface area contributed by atoms with Crippen molar-refractivity contribution in [2.45, 2.75) is 19.9 Å². The Labute approximate surface area is 214 Å². The summed E-state index contributed by atoms with van der Waals surface area (Å²) < 4.78 is 0.833. The normalized spacial score (nSPS) is 17.2. The van der Waals surface area contributed by atoms with Crippen LogP contribution in [0.3, 0.4) is 0 Å². The first-order valence-corrected chi connectivity index (χ1v) is 12.0. The van der Waals surface area contributed by atoms with Crippen molar-refractivity contribution in [3.8, 4) is 0 Å². The molecule has 5 rings (SSSR count). The minimum Gasteiger partial charge on any atom is -0.507 e. The summed E-state index contributed by atoms with van der Waals surface area (Å²) in [5.74, 6) is -2.20. The minimum absolute atomic E-state index is 0.185. The SMILES string of the molecule is Cc1cc(C)c2nc(N3C(=O)C(=O)/C(=C(/O)c4ccc(Cl)cc4)C3c3cccc([N+](=O)[O-])c3)sc2c1. The molecule has 0 bridgehead atoms. The molecule has 0 saturated carbocycles. The topological polar surface area (TPSA) is 114 Å². The maximum Gasteiger partial charge on any atom is 0.301 e. The molecule has 2 heterocycles. The molecular weight excluding hydrogens is 502 g/mol. The highest BCUT2D eigenvalue weighted by Gasteiger charge is 2.48. The molecule has 180 valence electrons. The fourth-order valence-corrected chi connectivity index (χ4v) is 5.67. The van der Waals surface area contributed by atoms with Gasteiger partial charge in [-0.2, -0.15) is 0 Å². The largest absolute Gasteiger partial charge is 0.507 e. The number of nitrogens with zero attached hydrogens (tertiary/aromatic N) is 3. The fourth-order valence-electron chi connectivity index (χ4n) is 4.38. The number of anilines is 1. The number of fused-ring (bicyclic) bond motifs is 1. The Morgan fingerprint density at radius 2 is 1.83 bits per heavy atom. The molecule has 1 aromatic heterocycles. The predicted molar refractivity (Wildman–Crippen MR) is 138 cm³/mol. The van der Waals surface area contributed by atoms with E-state index in [1.54, 1.807) is 18.2 Å². The van der Waals surface area contributed by atoms with Gasteiger partial charge in [-0.25, -0.2) is 4.98 Å². The maximum absolute atomic E-state index is 13.4. The van der Waals surface area contributed by atoms with Crippen LogP contribution >= 0.6 is 22.9 Å². The monoisotopic (exact) mass is 519 g/mol. The number of nitro benzene ring substituents is 1. The predicted octanol–water partition coefficient (Wildman–Crippen LogP) is 6.10. The van der Waals surface area contributed by atoms with Crippen molar-refractivity contribution in [1.82, 2.24) is 4.98 Å². The molecule has 1 unspecified atom stereocenters. The van der Waals surface area contributed by atoms with Gasteiger partial charge in [-0.3, -0.25) is 24.6 Å². The number of ketones is 1. The molecule has 1 aliphatic heterocycles. The lowest BCUT2D eigenvalue weighted by molar-refractivity contribution is -0.384. The number of benzene rings is 3. The number of hydrogen-bond donors (Lipinski definition) is 1. The molecular formula is C26H18ClN3O5S. The van der Waals surface area contributed by atoms with Crippen LogP contribution in [0.25, 0.3) is 16.0 Å². The van der Waals surface area contributed by atoms with Gasteiger partial charge in [0.1, 0.15) is 5.76 Å². The molecule has 0 radical (unpaired) electrons. The number of aliphatic hydroxyl groups excluding tert-OH is 1. The molecule has 3 aromatic carbocycles. The molecule has 4 aromatic rings. The Hall–Kier alpha value is -4.08. The first-order valence-electron chi connectivity index (χ1n) is 10.8. The van der Waals surface area contributed by atoms with Gasteiger partial charge in [-0.1, -0.05) is 41.1 Å². The van der Waals surface area contributed by atoms with E-state index in [-0.39, 0.29) is 22.0 Å². The van der Waals surface area contributed by atoms with Crippen molar-refractivity contribution >= 4 is 61.4 Å². The van der Waals surface area contributed by atoms with E-state index in [4.69, 9.17) is 11.6 Å². The third kappa shape index (κ3) is 3.92. The number of Topliss-reactive ketones (excluding diaryl/α,β-unsaturated/α-hetero) is 1. The van der Waals surface area contributed by atoms with Crippen molar-refractivity contribution in [1.29, 1.82) is 0 Å². The number of rotatable bonds is 4. The fraction of sp³-hybridized carbons (Fsp3) is 0.115. The van der Waals surface area contributed by atoms with Gasteiger partial charge in [-0.05, 0) is 60.9 Å². The first-order chi connectivity index (χ1) is 17.2. The number of carbonyl (C=O) groups is 2. The Morgan fingerprint density at radius 3 is 2.53 bits per heavy atom. The number of hydrogen-bond acceptors (Lipinski definition) is 7. The van der Waals surface area contributed by atoms with Gasteiger partial charge >= 0.3 is 5.91 Å². The second-order valence-corrected chi connectivity index (χ2v) is 9.90. The smallest absolute Gasteiger partial charge is 0.301 e. The number of amides is 1. The third-order valence-electron chi connectivity index (χ3n) is 5.98. The van der Waals surface area contributed by atoms with Crippen molar-refractivity contribution in [3.05, 3.63) is 104 Å². The Kier molecular flexibility index (Phi) is 5.82. The van der Waals surface area contributed by atoms with Crippen molar-refractivity contribution < 1.29 is 19.6 Å². The highest BCUT2D eigenvalue weighted by atomic mass is 35.5. The van der Waals surface area contributed by atoms with E-state index in [0.29, 0.717) is 16.1 Å². The zero-order valence-corrected chi connectivity index (χ0v) is 20.6. The number of aromatic nitrogens is 1. The van der Waals surface area contributed by atoms with E-state index in [0.717, 1.165) is 15.8 Å². The van der Waals surface area contributed by atoms with Gasteiger partial charge in [0.2, 0.25) is 0 Å². The summed E-state index contributed by atoms with van der Waals surface area (Å²) in [6.07, 6.45) is 0. The van der Waals surface area contributed by atoms with Crippen LogP contribution in [-0.2, 0) is 9.59 Å². The molecule has 1 aliphatic rings. The molecule has 10 heteroatoms. The number of aryl methyl sites for hydroxylation is 2. The lowest BCUT2D eigenvalue weighted by atomic mass is 9.95. The van der Waals surface area contributed by atoms with Crippen LogP contribution in [0, 0.1) is 24.0 Å². The van der Waals surface area contributed by atoms with Gasteiger partial charge in [0, 0.05) is 22.7 Å². The molecule has 1 N–H and O–H groups in total. The van der Waals surface area contributed by atoms with Crippen LogP contribution in [0.2, 0.25) is 5.02 Å². The zero-order chi connectivity index (χ0) is 25.7. The van der Waals surface area contributed by atoms with Crippen LogP contribution in [0.4, 0.5) is 10.8 Å². The summed E-state index contributed by atoms with van der Waals surface area (Å²) >= 11 is 7.20. The quantitative estimate of drug-likeness (QED) is 0.114. The average molecular weight is 520 g/mol. The molecule has 0 aliphatic carbocycles.